The van der Waals surface area contributed by atoms with E-state index in [-0.39, 0.29) is 22.0 Å². The molecule has 2 N–H and O–H groups in total. The number of sulfonamides is 1. The van der Waals surface area contributed by atoms with Gasteiger partial charge in [-0.1, -0.05) is 25.5 Å². The third kappa shape index (κ3) is 2.80. The van der Waals surface area contributed by atoms with Crippen LogP contribution in [0, 0.1) is 0 Å². The van der Waals surface area contributed by atoms with E-state index in [9.17, 15) is 18.3 Å². The van der Waals surface area contributed by atoms with Gasteiger partial charge in [0.15, 0.2) is 5.84 Å². The van der Waals surface area contributed by atoms with Gasteiger partial charge in [0, 0.05) is 12.7 Å². The highest BCUT2D eigenvalue weighted by atomic mass is 32.2. The van der Waals surface area contributed by atoms with Gasteiger partial charge in [0.1, 0.15) is 16.2 Å². The van der Waals surface area contributed by atoms with E-state index < -0.39 is 15.6 Å². The predicted octanol–water partition coefficient (Wildman–Crippen LogP) is 1.91. The number of aromatic hydroxyl groups is 1. The van der Waals surface area contributed by atoms with Crippen molar-refractivity contribution in [2.75, 3.05) is 5.32 Å². The Balaban J connectivity index is 2.14. The first-order valence-corrected chi connectivity index (χ1v) is 9.02. The van der Waals surface area contributed by atoms with Crippen molar-refractivity contribution in [3.63, 3.8) is 0 Å². The third-order valence-corrected chi connectivity index (χ3v) is 5.10. The molecule has 0 fully saturated rings. The topological polar surface area (TPSA) is 101 Å². The number of rotatable bonds is 4. The average molecular weight is 347 g/mol. The van der Waals surface area contributed by atoms with Crippen LogP contribution in [0.25, 0.3) is 0 Å². The minimum atomic E-state index is -3.94. The second-order valence-corrected chi connectivity index (χ2v) is 7.04. The van der Waals surface area contributed by atoms with Crippen LogP contribution in [0.5, 0.6) is 5.75 Å². The maximum atomic E-state index is 12.6. The lowest BCUT2D eigenvalue weighted by molar-refractivity contribution is 0.468. The highest BCUT2D eigenvalue weighted by molar-refractivity contribution is 7.90. The monoisotopic (exact) mass is 347 g/mol. The molecule has 0 bridgehead atoms. The van der Waals surface area contributed by atoms with Crippen LogP contribution in [0.4, 0.5) is 5.69 Å². The second-order valence-electron chi connectivity index (χ2n) is 5.46. The number of anilines is 1. The second kappa shape index (κ2) is 6.12. The molecular formula is C16H17N3O4S. The summed E-state index contributed by atoms with van der Waals surface area (Å²) >= 11 is 0. The Morgan fingerprint density at radius 3 is 2.75 bits per heavy atom. The summed E-state index contributed by atoms with van der Waals surface area (Å²) in [5.74, 6) is -0.476. The Morgan fingerprint density at radius 2 is 2.00 bits per heavy atom. The Labute approximate surface area is 139 Å². The van der Waals surface area contributed by atoms with Crippen molar-refractivity contribution < 1.29 is 13.5 Å². The zero-order valence-electron chi connectivity index (χ0n) is 13.1. The molecule has 0 radical (unpaired) electrons. The fourth-order valence-corrected chi connectivity index (χ4v) is 3.64. The van der Waals surface area contributed by atoms with Crippen molar-refractivity contribution in [2.45, 2.75) is 31.2 Å². The van der Waals surface area contributed by atoms with Crippen LogP contribution < -0.4 is 10.9 Å². The number of benzene rings is 1. The zero-order chi connectivity index (χ0) is 17.3. The number of hydrogen-bond donors (Lipinski definition) is 2. The molecule has 126 valence electrons. The molecule has 1 aliphatic heterocycles. The van der Waals surface area contributed by atoms with Crippen molar-refractivity contribution in [1.29, 1.82) is 0 Å². The first-order chi connectivity index (χ1) is 11.4. The van der Waals surface area contributed by atoms with Crippen molar-refractivity contribution in [3.8, 4) is 5.75 Å². The molecule has 0 atom stereocenters. The lowest BCUT2D eigenvalue weighted by atomic mass is 10.2. The van der Waals surface area contributed by atoms with E-state index in [0.717, 1.165) is 12.8 Å². The lowest BCUT2D eigenvalue weighted by Crippen LogP contribution is -2.32. The molecule has 2 heterocycles. The molecule has 8 heteroatoms. The molecule has 0 spiro atoms. The molecular weight excluding hydrogens is 330 g/mol. The van der Waals surface area contributed by atoms with Crippen molar-refractivity contribution in [2.24, 2.45) is 4.40 Å². The van der Waals surface area contributed by atoms with E-state index in [4.69, 9.17) is 0 Å². The van der Waals surface area contributed by atoms with E-state index in [0.29, 0.717) is 12.2 Å². The van der Waals surface area contributed by atoms with Gasteiger partial charge in [-0.05, 0) is 24.6 Å². The summed E-state index contributed by atoms with van der Waals surface area (Å²) in [5.41, 5.74) is -0.304. The van der Waals surface area contributed by atoms with Gasteiger partial charge in [0.2, 0.25) is 0 Å². The summed E-state index contributed by atoms with van der Waals surface area (Å²) in [7, 11) is -3.94. The summed E-state index contributed by atoms with van der Waals surface area (Å²) in [6, 6.07) is 7.65. The van der Waals surface area contributed by atoms with Gasteiger partial charge in [0.25, 0.3) is 15.6 Å². The molecule has 1 aromatic heterocycles. The van der Waals surface area contributed by atoms with E-state index in [1.54, 1.807) is 18.2 Å². The predicted molar refractivity (Wildman–Crippen MR) is 91.1 cm³/mol. The highest BCUT2D eigenvalue weighted by Crippen LogP contribution is 2.28. The zero-order valence-corrected chi connectivity index (χ0v) is 13.9. The number of unbranched alkanes of at least 4 members (excludes halogenated alkanes) is 1. The molecule has 0 amide bonds. The van der Waals surface area contributed by atoms with E-state index in [1.165, 1.54) is 22.9 Å². The largest absolute Gasteiger partial charge is 0.507 e. The minimum absolute atomic E-state index is 0.0375. The van der Waals surface area contributed by atoms with Gasteiger partial charge < -0.3 is 15.0 Å². The molecule has 1 aromatic carbocycles. The molecule has 7 nitrogen and oxygen atoms in total. The fourth-order valence-electron chi connectivity index (χ4n) is 2.51. The van der Waals surface area contributed by atoms with Crippen LogP contribution in [-0.4, -0.2) is 23.9 Å². The number of nitrogens with zero attached hydrogens (tertiary/aromatic N) is 2. The van der Waals surface area contributed by atoms with Crippen LogP contribution in [0.1, 0.15) is 25.3 Å². The van der Waals surface area contributed by atoms with Crippen LogP contribution in [0.15, 0.2) is 50.6 Å². The third-order valence-electron chi connectivity index (χ3n) is 3.76. The highest BCUT2D eigenvalue weighted by Gasteiger charge is 2.28. The minimum Gasteiger partial charge on any atom is -0.507 e. The van der Waals surface area contributed by atoms with Crippen LogP contribution in [0.3, 0.4) is 0 Å². The number of amidine groups is 1. The number of nitrogens with one attached hydrogen (secondary N) is 1. The number of hydrogen-bond acceptors (Lipinski definition) is 5. The van der Waals surface area contributed by atoms with Gasteiger partial charge in [-0.3, -0.25) is 4.79 Å². The lowest BCUT2D eigenvalue weighted by Gasteiger charge is -2.19. The Kier molecular flexibility index (Phi) is 4.15. The van der Waals surface area contributed by atoms with Crippen molar-refractivity contribution in [1.82, 2.24) is 4.57 Å². The van der Waals surface area contributed by atoms with Crippen LogP contribution in [0.2, 0.25) is 0 Å². The SMILES string of the molecule is CCCCn1ccc(O)c(C2=NS(=O)(=O)c3ccccc3N2)c1=O. The van der Waals surface area contributed by atoms with Crippen LogP contribution in [-0.2, 0) is 16.6 Å². The van der Waals surface area contributed by atoms with Gasteiger partial charge >= 0.3 is 0 Å². The van der Waals surface area contributed by atoms with Gasteiger partial charge in [-0.2, -0.15) is 8.42 Å². The number of aromatic nitrogens is 1. The summed E-state index contributed by atoms with van der Waals surface area (Å²) < 4.78 is 29.8. The molecule has 0 saturated carbocycles. The van der Waals surface area contributed by atoms with Gasteiger partial charge in [-0.25, -0.2) is 0 Å². The molecule has 0 unspecified atom stereocenters. The quantitative estimate of drug-likeness (QED) is 0.880. The first-order valence-electron chi connectivity index (χ1n) is 7.58. The van der Waals surface area contributed by atoms with Gasteiger partial charge in [0.05, 0.1) is 5.69 Å². The number of para-hydroxylation sites is 1. The summed E-state index contributed by atoms with van der Waals surface area (Å²) in [6.45, 7) is 2.49. The van der Waals surface area contributed by atoms with E-state index in [2.05, 4.69) is 9.71 Å². The van der Waals surface area contributed by atoms with Crippen molar-refractivity contribution >= 4 is 21.5 Å². The number of fused-ring (bicyclic) bond motifs is 1. The van der Waals surface area contributed by atoms with E-state index >= 15 is 0 Å². The smallest absolute Gasteiger partial charge is 0.286 e. The average Bonchev–Trinajstić information content (AvgIpc) is 2.54. The molecule has 0 saturated heterocycles. The molecule has 3 rings (SSSR count). The van der Waals surface area contributed by atoms with Crippen LogP contribution >= 0.6 is 0 Å². The number of pyridine rings is 1. The normalized spacial score (nSPS) is 15.3. The summed E-state index contributed by atoms with van der Waals surface area (Å²) in [5, 5.41) is 12.9. The van der Waals surface area contributed by atoms with E-state index in [1.807, 2.05) is 6.92 Å². The Hall–Kier alpha value is -2.61. The molecule has 0 aliphatic carbocycles. The fraction of sp³-hybridized carbons (Fsp3) is 0.250. The maximum Gasteiger partial charge on any atom is 0.286 e. The first kappa shape index (κ1) is 16.3. The standard InChI is InChI=1S/C16H17N3O4S/c1-2-3-9-19-10-8-12(20)14(16(19)21)15-17-11-6-4-5-7-13(11)24(22,23)18-15/h4-8,10,20H,2-3,9H2,1H3,(H,17,18). The van der Waals surface area contributed by atoms with Gasteiger partial charge in [-0.15, -0.1) is 4.40 Å². The van der Waals surface area contributed by atoms with Crippen molar-refractivity contribution in [3.05, 3.63) is 52.4 Å². The maximum absolute atomic E-state index is 12.6. The molecule has 1 aliphatic rings. The molecule has 24 heavy (non-hydrogen) atoms. The number of aryl methyl sites for hydroxylation is 1. The summed E-state index contributed by atoms with van der Waals surface area (Å²) in [4.78, 5) is 12.6. The molecule has 2 aromatic rings. The Morgan fingerprint density at radius 1 is 1.25 bits per heavy atom. The summed E-state index contributed by atoms with van der Waals surface area (Å²) in [6.07, 6.45) is 3.19. The Bertz CT molecular complexity index is 977.